The first-order chi connectivity index (χ1) is 11.0. The Balaban J connectivity index is 1.83. The molecule has 0 bridgehead atoms. The molecule has 0 aliphatic carbocycles. The van der Waals surface area contributed by atoms with Crippen LogP contribution in [0.2, 0.25) is 5.02 Å². The van der Waals surface area contributed by atoms with Crippen LogP contribution in [-0.4, -0.2) is 16.0 Å². The molecule has 1 N–H and O–H groups in total. The summed E-state index contributed by atoms with van der Waals surface area (Å²) in [7, 11) is 0. The van der Waals surface area contributed by atoms with Gasteiger partial charge in [-0.25, -0.2) is 4.99 Å². The number of para-hydroxylation sites is 1. The molecule has 1 amide bonds. The molecule has 0 spiro atoms. The van der Waals surface area contributed by atoms with Crippen LogP contribution in [0.15, 0.2) is 50.7 Å². The van der Waals surface area contributed by atoms with Crippen LogP contribution >= 0.6 is 23.4 Å². The first-order valence-electron chi connectivity index (χ1n) is 6.31. The molecule has 0 radical (unpaired) electrons. The van der Waals surface area contributed by atoms with Gasteiger partial charge in [0, 0.05) is 6.08 Å². The molecule has 9 heteroatoms. The van der Waals surface area contributed by atoms with Gasteiger partial charge < -0.3 is 9.73 Å². The van der Waals surface area contributed by atoms with E-state index in [1.54, 1.807) is 24.3 Å². The highest BCUT2D eigenvalue weighted by molar-refractivity contribution is 8.18. The van der Waals surface area contributed by atoms with Crippen molar-refractivity contribution in [2.45, 2.75) is 0 Å². The normalized spacial score (nSPS) is 17.7. The Kier molecular flexibility index (Phi) is 4.18. The van der Waals surface area contributed by atoms with Crippen molar-refractivity contribution in [3.63, 3.8) is 0 Å². The highest BCUT2D eigenvalue weighted by Crippen LogP contribution is 2.31. The lowest BCUT2D eigenvalue weighted by Crippen LogP contribution is -2.19. The van der Waals surface area contributed by atoms with E-state index in [4.69, 9.17) is 16.0 Å². The second-order valence-corrected chi connectivity index (χ2v) is 5.80. The molecule has 1 aromatic heterocycles. The molecule has 0 saturated carbocycles. The second-order valence-electron chi connectivity index (χ2n) is 4.37. The van der Waals surface area contributed by atoms with E-state index >= 15 is 0 Å². The smallest absolute Gasteiger partial charge is 0.401 e. The topological polar surface area (TPSA) is 97.7 Å². The van der Waals surface area contributed by atoms with E-state index in [0.717, 1.165) is 11.8 Å². The van der Waals surface area contributed by atoms with Gasteiger partial charge in [-0.05, 0) is 30.0 Å². The summed E-state index contributed by atoms with van der Waals surface area (Å²) >= 11 is 7.11. The van der Waals surface area contributed by atoms with Crippen molar-refractivity contribution in [2.75, 3.05) is 0 Å². The fourth-order valence-electron chi connectivity index (χ4n) is 1.78. The molecule has 23 heavy (non-hydrogen) atoms. The monoisotopic (exact) mass is 349 g/mol. The third-order valence-corrected chi connectivity index (χ3v) is 4.02. The molecule has 3 rings (SSSR count). The Bertz CT molecular complexity index is 859. The predicted octanol–water partition coefficient (Wildman–Crippen LogP) is 3.73. The standard InChI is InChI=1S/C14H8ClN3O4S/c15-9-3-1-2-4-10(9)16-14-17-13(19)11(23-14)7-8-5-6-12(22-8)18(20)21/h1-7H,(H,16,17,19)/b11-7+. The number of amides is 1. The summed E-state index contributed by atoms with van der Waals surface area (Å²) in [4.78, 5) is 26.4. The lowest BCUT2D eigenvalue weighted by molar-refractivity contribution is -0.402. The van der Waals surface area contributed by atoms with E-state index in [0.29, 0.717) is 20.8 Å². The number of carbonyl (C=O) groups is 1. The van der Waals surface area contributed by atoms with Crippen molar-refractivity contribution < 1.29 is 14.1 Å². The highest BCUT2D eigenvalue weighted by Gasteiger charge is 2.25. The number of furan rings is 1. The molecule has 1 saturated heterocycles. The fraction of sp³-hybridized carbons (Fsp3) is 0. The second kappa shape index (κ2) is 6.27. The molecule has 2 aromatic rings. The van der Waals surface area contributed by atoms with Crippen LogP contribution in [0.4, 0.5) is 11.6 Å². The maximum Gasteiger partial charge on any atom is 0.433 e. The molecular formula is C14H8ClN3O4S. The molecule has 1 aliphatic heterocycles. The molecule has 1 aliphatic rings. The zero-order valence-corrected chi connectivity index (χ0v) is 12.9. The van der Waals surface area contributed by atoms with E-state index in [9.17, 15) is 14.9 Å². The molecular weight excluding hydrogens is 342 g/mol. The Morgan fingerprint density at radius 3 is 2.78 bits per heavy atom. The van der Waals surface area contributed by atoms with E-state index in [1.165, 1.54) is 18.2 Å². The van der Waals surface area contributed by atoms with Gasteiger partial charge in [0.2, 0.25) is 0 Å². The number of rotatable bonds is 3. The number of hydrogen-bond donors (Lipinski definition) is 1. The number of amidine groups is 1. The van der Waals surface area contributed by atoms with Crippen molar-refractivity contribution in [3.05, 3.63) is 62.2 Å². The first-order valence-corrected chi connectivity index (χ1v) is 7.51. The Morgan fingerprint density at radius 1 is 1.30 bits per heavy atom. The van der Waals surface area contributed by atoms with Crippen LogP contribution in [0.3, 0.4) is 0 Å². The van der Waals surface area contributed by atoms with Gasteiger partial charge in [-0.2, -0.15) is 0 Å². The van der Waals surface area contributed by atoms with Crippen LogP contribution in [0, 0.1) is 10.1 Å². The van der Waals surface area contributed by atoms with E-state index in [2.05, 4.69) is 10.3 Å². The number of thioether (sulfide) groups is 1. The summed E-state index contributed by atoms with van der Waals surface area (Å²) in [5, 5.41) is 14.0. The third-order valence-electron chi connectivity index (χ3n) is 2.79. The molecule has 2 heterocycles. The highest BCUT2D eigenvalue weighted by atomic mass is 35.5. The van der Waals surface area contributed by atoms with Gasteiger partial charge >= 0.3 is 5.88 Å². The summed E-state index contributed by atoms with van der Waals surface area (Å²) in [6, 6.07) is 9.62. The number of hydrogen-bond acceptors (Lipinski definition) is 6. The van der Waals surface area contributed by atoms with Gasteiger partial charge in [-0.3, -0.25) is 14.9 Å². The number of halogens is 1. The Hall–Kier alpha value is -2.58. The molecule has 0 atom stereocenters. The van der Waals surface area contributed by atoms with Crippen molar-refractivity contribution in [1.82, 2.24) is 5.32 Å². The SMILES string of the molecule is O=C1NC(=Nc2ccccc2Cl)S/C1=C/c1ccc([N+](=O)[O-])o1. The van der Waals surface area contributed by atoms with Gasteiger partial charge in [0.1, 0.15) is 10.7 Å². The van der Waals surface area contributed by atoms with Gasteiger partial charge in [0.25, 0.3) is 5.91 Å². The average Bonchev–Trinajstić information content (AvgIpc) is 3.10. The maximum atomic E-state index is 11.9. The van der Waals surface area contributed by atoms with Crippen LogP contribution in [0.25, 0.3) is 6.08 Å². The predicted molar refractivity (Wildman–Crippen MR) is 87.6 cm³/mol. The number of nitrogens with one attached hydrogen (secondary N) is 1. The number of benzene rings is 1. The molecule has 116 valence electrons. The van der Waals surface area contributed by atoms with Crippen LogP contribution in [0.1, 0.15) is 5.76 Å². The number of carbonyl (C=O) groups excluding carboxylic acids is 1. The minimum Gasteiger partial charge on any atom is -0.401 e. The minimum atomic E-state index is -0.645. The Morgan fingerprint density at radius 2 is 2.09 bits per heavy atom. The van der Waals surface area contributed by atoms with E-state index in [1.807, 2.05) is 0 Å². The molecule has 0 unspecified atom stereocenters. The maximum absolute atomic E-state index is 11.9. The van der Waals surface area contributed by atoms with Gasteiger partial charge in [0.15, 0.2) is 5.17 Å². The summed E-state index contributed by atoms with van der Waals surface area (Å²) in [6.45, 7) is 0. The number of aliphatic imine (C=N–C) groups is 1. The number of nitro groups is 1. The van der Waals surface area contributed by atoms with Crippen LogP contribution < -0.4 is 5.32 Å². The summed E-state index contributed by atoms with van der Waals surface area (Å²) in [6.07, 6.45) is 1.42. The summed E-state index contributed by atoms with van der Waals surface area (Å²) in [5.41, 5.74) is 0.534. The van der Waals surface area contributed by atoms with Crippen molar-refractivity contribution in [2.24, 2.45) is 4.99 Å². The lowest BCUT2D eigenvalue weighted by atomic mass is 10.3. The summed E-state index contributed by atoms with van der Waals surface area (Å²) < 4.78 is 5.00. The largest absolute Gasteiger partial charge is 0.433 e. The molecule has 1 fully saturated rings. The number of nitrogens with zero attached hydrogens (tertiary/aromatic N) is 2. The first kappa shape index (κ1) is 15.3. The fourth-order valence-corrected chi connectivity index (χ4v) is 2.77. The Labute approximate surface area is 139 Å². The summed E-state index contributed by atoms with van der Waals surface area (Å²) in [5.74, 6) is -0.529. The van der Waals surface area contributed by atoms with Crippen molar-refractivity contribution in [1.29, 1.82) is 0 Å². The molecule has 1 aromatic carbocycles. The zero-order valence-electron chi connectivity index (χ0n) is 11.4. The zero-order chi connectivity index (χ0) is 16.4. The van der Waals surface area contributed by atoms with Crippen molar-refractivity contribution >= 4 is 52.1 Å². The molecule has 7 nitrogen and oxygen atoms in total. The van der Waals surface area contributed by atoms with Crippen LogP contribution in [0.5, 0.6) is 0 Å². The van der Waals surface area contributed by atoms with Gasteiger partial charge in [-0.15, -0.1) is 0 Å². The quantitative estimate of drug-likeness (QED) is 0.517. The van der Waals surface area contributed by atoms with E-state index in [-0.39, 0.29) is 17.6 Å². The van der Waals surface area contributed by atoms with Gasteiger partial charge in [-0.1, -0.05) is 23.7 Å². The lowest BCUT2D eigenvalue weighted by Gasteiger charge is -1.98. The minimum absolute atomic E-state index is 0.216. The van der Waals surface area contributed by atoms with Crippen LogP contribution in [-0.2, 0) is 4.79 Å². The van der Waals surface area contributed by atoms with Crippen molar-refractivity contribution in [3.8, 4) is 0 Å². The van der Waals surface area contributed by atoms with Gasteiger partial charge in [0.05, 0.1) is 21.7 Å². The third kappa shape index (κ3) is 3.43. The average molecular weight is 350 g/mol. The van der Waals surface area contributed by atoms with E-state index < -0.39 is 4.92 Å².